The fourth-order valence-electron chi connectivity index (χ4n) is 2.76. The molecule has 0 saturated carbocycles. The zero-order valence-electron chi connectivity index (χ0n) is 15.7. The molecule has 0 aliphatic carbocycles. The average molecular weight is 384 g/mol. The molecule has 1 aromatic rings. The highest BCUT2D eigenvalue weighted by atomic mass is 32.2. The first-order chi connectivity index (χ1) is 12.3. The van der Waals surface area contributed by atoms with E-state index in [2.05, 4.69) is 5.32 Å². The summed E-state index contributed by atoms with van der Waals surface area (Å²) >= 11 is 0. The summed E-state index contributed by atoms with van der Waals surface area (Å²) in [5.74, 6) is 0.582. The number of rotatable bonds is 6. The number of carbonyl (C=O) groups is 1. The highest BCUT2D eigenvalue weighted by molar-refractivity contribution is 7.89. The molecule has 146 valence electrons. The molecule has 1 saturated heterocycles. The van der Waals surface area contributed by atoms with Crippen LogP contribution in [0, 0.1) is 5.92 Å². The van der Waals surface area contributed by atoms with Gasteiger partial charge < -0.3 is 9.47 Å². The number of nitrogens with zero attached hydrogens (tertiary/aromatic N) is 1. The second kappa shape index (κ2) is 9.23. The standard InChI is InChI=1S/C18H28N2O5S/c1-14(2)13-25-18(21)19-16-12-15(8-9-17(16)24-3)26(22,23)20-10-6-4-5-7-11-20/h8-9,12,14H,4-7,10-11,13H2,1-3H3,(H,19,21). The van der Waals surface area contributed by atoms with Crippen LogP contribution in [-0.2, 0) is 14.8 Å². The molecule has 2 rings (SSSR count). The molecule has 8 heteroatoms. The van der Waals surface area contributed by atoms with Gasteiger partial charge in [-0.05, 0) is 37.0 Å². The molecule has 1 aliphatic heterocycles. The predicted molar refractivity (Wildman–Crippen MR) is 100 cm³/mol. The average Bonchev–Trinajstić information content (AvgIpc) is 2.90. The van der Waals surface area contributed by atoms with E-state index in [0.29, 0.717) is 18.8 Å². The Labute approximate surface area is 155 Å². The highest BCUT2D eigenvalue weighted by Gasteiger charge is 2.26. The van der Waals surface area contributed by atoms with Gasteiger partial charge in [0.05, 0.1) is 24.3 Å². The smallest absolute Gasteiger partial charge is 0.411 e. The minimum absolute atomic E-state index is 0.138. The molecule has 0 radical (unpaired) electrons. The molecular formula is C18H28N2O5S. The van der Waals surface area contributed by atoms with Crippen LogP contribution in [0.25, 0.3) is 0 Å². The Bertz CT molecular complexity index is 710. The van der Waals surface area contributed by atoms with E-state index in [-0.39, 0.29) is 23.1 Å². The number of sulfonamides is 1. The van der Waals surface area contributed by atoms with Crippen LogP contribution in [-0.4, -0.2) is 45.6 Å². The summed E-state index contributed by atoms with van der Waals surface area (Å²) in [6, 6.07) is 4.47. The Balaban J connectivity index is 2.23. The number of methoxy groups -OCH3 is 1. The second-order valence-corrected chi connectivity index (χ2v) is 8.74. The third-order valence-corrected chi connectivity index (χ3v) is 6.05. The minimum atomic E-state index is -3.61. The summed E-state index contributed by atoms with van der Waals surface area (Å²) in [7, 11) is -2.15. The summed E-state index contributed by atoms with van der Waals surface area (Å²) in [6.07, 6.45) is 3.18. The molecule has 0 atom stereocenters. The maximum atomic E-state index is 12.9. The van der Waals surface area contributed by atoms with Gasteiger partial charge in [-0.3, -0.25) is 5.32 Å². The maximum absolute atomic E-state index is 12.9. The summed E-state index contributed by atoms with van der Waals surface area (Å²) in [5.41, 5.74) is 0.275. The van der Waals surface area contributed by atoms with E-state index in [0.717, 1.165) is 25.7 Å². The van der Waals surface area contributed by atoms with Crippen molar-refractivity contribution in [2.75, 3.05) is 32.1 Å². The van der Waals surface area contributed by atoms with Crippen LogP contribution in [0.1, 0.15) is 39.5 Å². The summed E-state index contributed by atoms with van der Waals surface area (Å²) < 4.78 is 37.7. The minimum Gasteiger partial charge on any atom is -0.495 e. The molecule has 0 unspecified atom stereocenters. The van der Waals surface area contributed by atoms with Gasteiger partial charge in [0.25, 0.3) is 0 Å². The number of anilines is 1. The van der Waals surface area contributed by atoms with Crippen LogP contribution in [0.3, 0.4) is 0 Å². The van der Waals surface area contributed by atoms with Gasteiger partial charge in [0, 0.05) is 13.1 Å². The lowest BCUT2D eigenvalue weighted by Crippen LogP contribution is -2.32. The van der Waals surface area contributed by atoms with Crippen LogP contribution in [0.15, 0.2) is 23.1 Å². The Hall–Kier alpha value is -1.80. The SMILES string of the molecule is COc1ccc(S(=O)(=O)N2CCCCCC2)cc1NC(=O)OCC(C)C. The molecule has 1 amide bonds. The lowest BCUT2D eigenvalue weighted by Gasteiger charge is -2.21. The van der Waals surface area contributed by atoms with E-state index in [1.165, 1.54) is 23.5 Å². The first-order valence-corrected chi connectivity index (χ1v) is 10.4. The second-order valence-electron chi connectivity index (χ2n) is 6.80. The molecule has 1 heterocycles. The number of hydrogen-bond acceptors (Lipinski definition) is 5. The van der Waals surface area contributed by atoms with Crippen molar-refractivity contribution in [3.8, 4) is 5.75 Å². The van der Waals surface area contributed by atoms with Gasteiger partial charge in [-0.25, -0.2) is 13.2 Å². The summed E-state index contributed by atoms with van der Waals surface area (Å²) in [4.78, 5) is 12.1. The van der Waals surface area contributed by atoms with E-state index in [9.17, 15) is 13.2 Å². The number of nitrogens with one attached hydrogen (secondary N) is 1. The predicted octanol–water partition coefficient (Wildman–Crippen LogP) is 3.46. The van der Waals surface area contributed by atoms with Gasteiger partial charge in [-0.2, -0.15) is 4.31 Å². The maximum Gasteiger partial charge on any atom is 0.411 e. The van der Waals surface area contributed by atoms with Crippen LogP contribution in [0.4, 0.5) is 10.5 Å². The molecular weight excluding hydrogens is 356 g/mol. The topological polar surface area (TPSA) is 84.9 Å². The Kier molecular flexibility index (Phi) is 7.28. The van der Waals surface area contributed by atoms with Gasteiger partial charge in [0.2, 0.25) is 10.0 Å². The number of carbonyl (C=O) groups excluding carboxylic acids is 1. The first kappa shape index (κ1) is 20.5. The van der Waals surface area contributed by atoms with Crippen molar-refractivity contribution in [2.45, 2.75) is 44.4 Å². The van der Waals surface area contributed by atoms with Crippen LogP contribution >= 0.6 is 0 Å². The van der Waals surface area contributed by atoms with Gasteiger partial charge in [-0.15, -0.1) is 0 Å². The van der Waals surface area contributed by atoms with Crippen molar-refractivity contribution in [3.63, 3.8) is 0 Å². The third kappa shape index (κ3) is 5.35. The lowest BCUT2D eigenvalue weighted by atomic mass is 10.2. The van der Waals surface area contributed by atoms with E-state index in [4.69, 9.17) is 9.47 Å². The number of ether oxygens (including phenoxy) is 2. The van der Waals surface area contributed by atoms with E-state index < -0.39 is 16.1 Å². The molecule has 1 aliphatic rings. The fraction of sp³-hybridized carbons (Fsp3) is 0.611. The van der Waals surface area contributed by atoms with Crippen molar-refractivity contribution in [1.29, 1.82) is 0 Å². The number of hydrogen-bond donors (Lipinski definition) is 1. The number of benzene rings is 1. The van der Waals surface area contributed by atoms with Crippen LogP contribution in [0.2, 0.25) is 0 Å². The molecule has 7 nitrogen and oxygen atoms in total. The quantitative estimate of drug-likeness (QED) is 0.812. The molecule has 26 heavy (non-hydrogen) atoms. The number of amides is 1. The zero-order valence-corrected chi connectivity index (χ0v) is 16.5. The summed E-state index contributed by atoms with van der Waals surface area (Å²) in [5, 5.41) is 2.58. The molecule has 0 aromatic heterocycles. The van der Waals surface area contributed by atoms with Gasteiger partial charge in [0.15, 0.2) is 0 Å². The van der Waals surface area contributed by atoms with Crippen molar-refractivity contribution >= 4 is 21.8 Å². The van der Waals surface area contributed by atoms with Crippen molar-refractivity contribution in [2.24, 2.45) is 5.92 Å². The molecule has 1 N–H and O–H groups in total. The molecule has 0 bridgehead atoms. The van der Waals surface area contributed by atoms with E-state index in [1.807, 2.05) is 13.8 Å². The normalized spacial score (nSPS) is 16.2. The zero-order chi connectivity index (χ0) is 19.2. The first-order valence-electron chi connectivity index (χ1n) is 8.96. The lowest BCUT2D eigenvalue weighted by molar-refractivity contribution is 0.147. The van der Waals surface area contributed by atoms with Gasteiger partial charge >= 0.3 is 6.09 Å². The monoisotopic (exact) mass is 384 g/mol. The third-order valence-electron chi connectivity index (χ3n) is 4.16. The van der Waals surface area contributed by atoms with E-state index >= 15 is 0 Å². The van der Waals surface area contributed by atoms with E-state index in [1.54, 1.807) is 6.07 Å². The Morgan fingerprint density at radius 3 is 2.42 bits per heavy atom. The Morgan fingerprint density at radius 2 is 1.85 bits per heavy atom. The van der Waals surface area contributed by atoms with Gasteiger partial charge in [0.1, 0.15) is 5.75 Å². The van der Waals surface area contributed by atoms with Gasteiger partial charge in [-0.1, -0.05) is 26.7 Å². The largest absolute Gasteiger partial charge is 0.495 e. The highest BCUT2D eigenvalue weighted by Crippen LogP contribution is 2.30. The van der Waals surface area contributed by atoms with Crippen LogP contribution in [0.5, 0.6) is 5.75 Å². The van der Waals surface area contributed by atoms with Crippen molar-refractivity contribution in [3.05, 3.63) is 18.2 Å². The van der Waals surface area contributed by atoms with Crippen LogP contribution < -0.4 is 10.1 Å². The van der Waals surface area contributed by atoms with Crippen molar-refractivity contribution in [1.82, 2.24) is 4.31 Å². The molecule has 1 fully saturated rings. The van der Waals surface area contributed by atoms with Crippen molar-refractivity contribution < 1.29 is 22.7 Å². The Morgan fingerprint density at radius 1 is 1.19 bits per heavy atom. The fourth-order valence-corrected chi connectivity index (χ4v) is 4.31. The summed E-state index contributed by atoms with van der Waals surface area (Å²) in [6.45, 7) is 5.19. The molecule has 0 spiro atoms. The molecule has 1 aromatic carbocycles.